The fourth-order valence-electron chi connectivity index (χ4n) is 1.28. The Balaban J connectivity index is 0.00000225. The molecular formula is C11H15ClF3N. The van der Waals surface area contributed by atoms with Crippen molar-refractivity contribution in [2.24, 2.45) is 11.1 Å². The lowest BCUT2D eigenvalue weighted by Crippen LogP contribution is -2.28. The zero-order valence-electron chi connectivity index (χ0n) is 9.35. The van der Waals surface area contributed by atoms with E-state index in [-0.39, 0.29) is 18.0 Å². The Bertz CT molecular complexity index is 351. The molecule has 0 heterocycles. The van der Waals surface area contributed by atoms with E-state index in [0.29, 0.717) is 12.1 Å². The third-order valence-corrected chi connectivity index (χ3v) is 2.29. The summed E-state index contributed by atoms with van der Waals surface area (Å²) >= 11 is 0. The molecule has 0 amide bonds. The van der Waals surface area contributed by atoms with Gasteiger partial charge in [-0.1, -0.05) is 20.8 Å². The first kappa shape index (κ1) is 15.3. The average molecular weight is 254 g/mol. The fraction of sp³-hybridized carbons (Fsp3) is 0.455. The molecule has 1 rings (SSSR count). The van der Waals surface area contributed by atoms with Gasteiger partial charge in [0.25, 0.3) is 0 Å². The zero-order valence-corrected chi connectivity index (χ0v) is 10.2. The molecule has 0 radical (unpaired) electrons. The maximum atomic E-state index is 13.3. The van der Waals surface area contributed by atoms with E-state index in [1.165, 1.54) is 0 Å². The summed E-state index contributed by atoms with van der Waals surface area (Å²) < 4.78 is 39.3. The van der Waals surface area contributed by atoms with E-state index in [9.17, 15) is 13.2 Å². The number of hydrogen-bond donors (Lipinski definition) is 1. The molecular weight excluding hydrogens is 239 g/mol. The first-order valence-electron chi connectivity index (χ1n) is 4.63. The van der Waals surface area contributed by atoms with Crippen LogP contribution in [0.2, 0.25) is 0 Å². The van der Waals surface area contributed by atoms with Crippen LogP contribution >= 0.6 is 12.4 Å². The van der Waals surface area contributed by atoms with Crippen LogP contribution in [-0.2, 0) is 0 Å². The van der Waals surface area contributed by atoms with E-state index in [0.717, 1.165) is 0 Å². The number of halogens is 4. The molecule has 0 aliphatic rings. The van der Waals surface area contributed by atoms with Crippen molar-refractivity contribution in [3.8, 4) is 0 Å². The third kappa shape index (κ3) is 3.12. The Kier molecular flexibility index (Phi) is 4.83. The lowest BCUT2D eigenvalue weighted by molar-refractivity contribution is 0.309. The van der Waals surface area contributed by atoms with E-state index >= 15 is 0 Å². The van der Waals surface area contributed by atoms with Gasteiger partial charge in [-0.05, 0) is 5.41 Å². The molecule has 1 aromatic rings. The summed E-state index contributed by atoms with van der Waals surface area (Å²) in [6.07, 6.45) is 0. The van der Waals surface area contributed by atoms with Gasteiger partial charge < -0.3 is 5.73 Å². The first-order chi connectivity index (χ1) is 6.73. The van der Waals surface area contributed by atoms with E-state index in [1.807, 2.05) is 0 Å². The number of hydrogen-bond acceptors (Lipinski definition) is 1. The fourth-order valence-corrected chi connectivity index (χ4v) is 1.28. The van der Waals surface area contributed by atoms with Crippen molar-refractivity contribution in [3.63, 3.8) is 0 Å². The van der Waals surface area contributed by atoms with Gasteiger partial charge >= 0.3 is 0 Å². The van der Waals surface area contributed by atoms with E-state index in [4.69, 9.17) is 5.73 Å². The highest BCUT2D eigenvalue weighted by Crippen LogP contribution is 2.33. The van der Waals surface area contributed by atoms with Gasteiger partial charge in [-0.2, -0.15) is 0 Å². The van der Waals surface area contributed by atoms with E-state index < -0.39 is 28.9 Å². The van der Waals surface area contributed by atoms with E-state index in [1.54, 1.807) is 20.8 Å². The van der Waals surface area contributed by atoms with Crippen LogP contribution in [0.5, 0.6) is 0 Å². The van der Waals surface area contributed by atoms with Gasteiger partial charge in [0.1, 0.15) is 17.5 Å². The molecule has 16 heavy (non-hydrogen) atoms. The molecule has 0 fully saturated rings. The summed E-state index contributed by atoms with van der Waals surface area (Å²) in [6, 6.07) is 0.478. The standard InChI is InChI=1S/C11H14F3N.ClH/c1-11(2,3)10(15)9-7(13)4-6(12)5-8(9)14;/h4-5,10H,15H2,1-3H3;1H/t10-;/m0./s1. The third-order valence-electron chi connectivity index (χ3n) is 2.29. The molecule has 2 N–H and O–H groups in total. The normalized spacial score (nSPS) is 13.2. The topological polar surface area (TPSA) is 26.0 Å². The number of nitrogens with two attached hydrogens (primary N) is 1. The summed E-state index contributed by atoms with van der Waals surface area (Å²) in [5.41, 5.74) is 4.97. The average Bonchev–Trinajstić information content (AvgIpc) is 1.99. The maximum Gasteiger partial charge on any atom is 0.133 e. The summed E-state index contributed by atoms with van der Waals surface area (Å²) in [5.74, 6) is -2.81. The molecule has 0 bridgehead atoms. The molecule has 1 atom stereocenters. The second kappa shape index (κ2) is 5.06. The van der Waals surface area contributed by atoms with Crippen molar-refractivity contribution in [1.29, 1.82) is 0 Å². The summed E-state index contributed by atoms with van der Waals surface area (Å²) in [4.78, 5) is 0. The Labute approximate surface area is 99.2 Å². The van der Waals surface area contributed by atoms with E-state index in [2.05, 4.69) is 0 Å². The molecule has 0 unspecified atom stereocenters. The molecule has 92 valence electrons. The van der Waals surface area contributed by atoms with Crippen LogP contribution in [0.25, 0.3) is 0 Å². The van der Waals surface area contributed by atoms with Crippen LogP contribution in [0.3, 0.4) is 0 Å². The highest BCUT2D eigenvalue weighted by molar-refractivity contribution is 5.85. The summed E-state index contributed by atoms with van der Waals surface area (Å²) in [5, 5.41) is 0. The minimum atomic E-state index is -0.935. The lowest BCUT2D eigenvalue weighted by atomic mass is 9.82. The van der Waals surface area contributed by atoms with Crippen molar-refractivity contribution in [2.45, 2.75) is 26.8 Å². The van der Waals surface area contributed by atoms with Crippen LogP contribution in [-0.4, -0.2) is 0 Å². The lowest BCUT2D eigenvalue weighted by Gasteiger charge is -2.27. The summed E-state index contributed by atoms with van der Waals surface area (Å²) in [7, 11) is 0. The van der Waals surface area contributed by atoms with Gasteiger partial charge in [-0.25, -0.2) is 13.2 Å². The first-order valence-corrected chi connectivity index (χ1v) is 4.63. The van der Waals surface area contributed by atoms with Crippen LogP contribution in [0.15, 0.2) is 12.1 Å². The van der Waals surface area contributed by atoms with Gasteiger partial charge in [0.2, 0.25) is 0 Å². The molecule has 0 saturated carbocycles. The second-order valence-electron chi connectivity index (χ2n) is 4.63. The smallest absolute Gasteiger partial charge is 0.133 e. The predicted octanol–water partition coefficient (Wildman–Crippen LogP) is 3.57. The highest BCUT2D eigenvalue weighted by atomic mass is 35.5. The minimum absolute atomic E-state index is 0. The monoisotopic (exact) mass is 253 g/mol. The van der Waals surface area contributed by atoms with Gasteiger partial charge in [0.05, 0.1) is 0 Å². The van der Waals surface area contributed by atoms with Gasteiger partial charge in [-0.15, -0.1) is 12.4 Å². The van der Waals surface area contributed by atoms with Crippen molar-refractivity contribution in [2.75, 3.05) is 0 Å². The van der Waals surface area contributed by atoms with Gasteiger partial charge in [0, 0.05) is 23.7 Å². The summed E-state index contributed by atoms with van der Waals surface area (Å²) in [6.45, 7) is 5.29. The number of benzene rings is 1. The molecule has 0 saturated heterocycles. The quantitative estimate of drug-likeness (QED) is 0.814. The maximum absolute atomic E-state index is 13.3. The SMILES string of the molecule is CC(C)(C)[C@@H](N)c1c(F)cc(F)cc1F.Cl. The molecule has 1 aromatic carbocycles. The molecule has 5 heteroatoms. The van der Waals surface area contributed by atoms with Gasteiger partial charge in [0.15, 0.2) is 0 Å². The predicted molar refractivity (Wildman–Crippen MR) is 59.9 cm³/mol. The van der Waals surface area contributed by atoms with Crippen LogP contribution in [0.4, 0.5) is 13.2 Å². The van der Waals surface area contributed by atoms with Crippen LogP contribution in [0.1, 0.15) is 32.4 Å². The Hall–Kier alpha value is -0.740. The Morgan fingerprint density at radius 3 is 1.75 bits per heavy atom. The molecule has 0 spiro atoms. The highest BCUT2D eigenvalue weighted by Gasteiger charge is 2.28. The second-order valence-corrected chi connectivity index (χ2v) is 4.63. The van der Waals surface area contributed by atoms with Crippen LogP contribution < -0.4 is 5.73 Å². The minimum Gasteiger partial charge on any atom is -0.323 e. The van der Waals surface area contributed by atoms with Crippen molar-refractivity contribution in [1.82, 2.24) is 0 Å². The Morgan fingerprint density at radius 1 is 1.06 bits per heavy atom. The van der Waals surface area contributed by atoms with Crippen molar-refractivity contribution in [3.05, 3.63) is 35.1 Å². The van der Waals surface area contributed by atoms with Crippen molar-refractivity contribution < 1.29 is 13.2 Å². The molecule has 0 aliphatic heterocycles. The van der Waals surface area contributed by atoms with Crippen molar-refractivity contribution >= 4 is 12.4 Å². The Morgan fingerprint density at radius 2 is 1.44 bits per heavy atom. The molecule has 1 nitrogen and oxygen atoms in total. The largest absolute Gasteiger partial charge is 0.323 e. The zero-order chi connectivity index (χ0) is 11.8. The molecule has 0 aliphatic carbocycles. The number of rotatable bonds is 1. The molecule has 0 aromatic heterocycles. The van der Waals surface area contributed by atoms with Gasteiger partial charge in [-0.3, -0.25) is 0 Å². The van der Waals surface area contributed by atoms with Crippen LogP contribution in [0, 0.1) is 22.9 Å².